The highest BCUT2D eigenvalue weighted by Gasteiger charge is 2.19. The molecule has 23 heavy (non-hydrogen) atoms. The molecule has 2 aromatic rings. The van der Waals surface area contributed by atoms with Gasteiger partial charge in [-0.2, -0.15) is 0 Å². The summed E-state index contributed by atoms with van der Waals surface area (Å²) in [4.78, 5) is 15.1. The molecule has 0 radical (unpaired) electrons. The Labute approximate surface area is 140 Å². The van der Waals surface area contributed by atoms with Crippen molar-refractivity contribution in [1.29, 1.82) is 0 Å². The van der Waals surface area contributed by atoms with Crippen molar-refractivity contribution in [2.24, 2.45) is 0 Å². The SMILES string of the molecule is CSc1ccc(OC(C)C(=O)N(C)Cc2ccc(F)cc2)cc1. The predicted octanol–water partition coefficient (Wildman–Crippen LogP) is 3.97. The molecule has 0 aliphatic heterocycles. The van der Waals surface area contributed by atoms with Gasteiger partial charge in [-0.1, -0.05) is 12.1 Å². The minimum atomic E-state index is -0.583. The van der Waals surface area contributed by atoms with Crippen LogP contribution in [0, 0.1) is 5.82 Å². The van der Waals surface area contributed by atoms with Crippen LogP contribution in [0.1, 0.15) is 12.5 Å². The van der Waals surface area contributed by atoms with Gasteiger partial charge in [-0.3, -0.25) is 4.79 Å². The molecule has 0 N–H and O–H groups in total. The third-order valence-electron chi connectivity index (χ3n) is 3.43. The lowest BCUT2D eigenvalue weighted by Gasteiger charge is -2.22. The molecular formula is C18H20FNO2S. The van der Waals surface area contributed by atoms with E-state index in [1.165, 1.54) is 12.1 Å². The van der Waals surface area contributed by atoms with Crippen molar-refractivity contribution in [3.63, 3.8) is 0 Å². The normalized spacial score (nSPS) is 11.8. The summed E-state index contributed by atoms with van der Waals surface area (Å²) in [5.41, 5.74) is 0.874. The summed E-state index contributed by atoms with van der Waals surface area (Å²) in [6.45, 7) is 2.14. The second-order valence-electron chi connectivity index (χ2n) is 5.26. The van der Waals surface area contributed by atoms with Gasteiger partial charge in [0.25, 0.3) is 5.91 Å². The minimum absolute atomic E-state index is 0.122. The van der Waals surface area contributed by atoms with Crippen LogP contribution in [0.15, 0.2) is 53.4 Å². The molecule has 2 rings (SSSR count). The number of carbonyl (C=O) groups excluding carboxylic acids is 1. The lowest BCUT2D eigenvalue weighted by atomic mass is 10.2. The molecule has 1 amide bonds. The molecule has 0 aromatic heterocycles. The van der Waals surface area contributed by atoms with E-state index < -0.39 is 6.10 Å². The number of likely N-dealkylation sites (N-methyl/N-ethyl adjacent to an activating group) is 1. The highest BCUT2D eigenvalue weighted by molar-refractivity contribution is 7.98. The number of nitrogens with zero attached hydrogens (tertiary/aromatic N) is 1. The Morgan fingerprint density at radius 2 is 1.78 bits per heavy atom. The molecule has 2 aromatic carbocycles. The van der Waals surface area contributed by atoms with Gasteiger partial charge < -0.3 is 9.64 Å². The number of halogens is 1. The van der Waals surface area contributed by atoms with Crippen LogP contribution in [0.25, 0.3) is 0 Å². The van der Waals surface area contributed by atoms with E-state index in [1.807, 2.05) is 30.5 Å². The Morgan fingerprint density at radius 3 is 2.35 bits per heavy atom. The van der Waals surface area contributed by atoms with Gasteiger partial charge >= 0.3 is 0 Å². The number of hydrogen-bond acceptors (Lipinski definition) is 3. The zero-order chi connectivity index (χ0) is 16.8. The van der Waals surface area contributed by atoms with Crippen LogP contribution in [0.3, 0.4) is 0 Å². The van der Waals surface area contributed by atoms with Gasteiger partial charge in [-0.05, 0) is 55.1 Å². The molecule has 0 fully saturated rings. The number of benzene rings is 2. The van der Waals surface area contributed by atoms with E-state index in [4.69, 9.17) is 4.74 Å². The number of amides is 1. The monoisotopic (exact) mass is 333 g/mol. The fraction of sp³-hybridized carbons (Fsp3) is 0.278. The van der Waals surface area contributed by atoms with Crippen LogP contribution in [0.2, 0.25) is 0 Å². The smallest absolute Gasteiger partial charge is 0.263 e. The molecule has 0 bridgehead atoms. The Hall–Kier alpha value is -2.01. The first-order valence-corrected chi connectivity index (χ1v) is 8.52. The molecule has 3 nitrogen and oxygen atoms in total. The predicted molar refractivity (Wildman–Crippen MR) is 91.2 cm³/mol. The van der Waals surface area contributed by atoms with Crippen LogP contribution in [-0.2, 0) is 11.3 Å². The molecule has 5 heteroatoms. The Kier molecular flexibility index (Phi) is 6.04. The zero-order valence-electron chi connectivity index (χ0n) is 13.5. The average molecular weight is 333 g/mol. The number of ether oxygens (including phenoxy) is 1. The topological polar surface area (TPSA) is 29.5 Å². The standard InChI is InChI=1S/C18H20FNO2S/c1-13(22-16-8-10-17(23-3)11-9-16)18(21)20(2)12-14-4-6-15(19)7-5-14/h4-11,13H,12H2,1-3H3. The molecule has 0 saturated heterocycles. The van der Waals surface area contributed by atoms with Gasteiger partial charge in [0.2, 0.25) is 0 Å². The molecular weight excluding hydrogens is 313 g/mol. The molecule has 0 aliphatic rings. The Bertz CT molecular complexity index is 643. The quantitative estimate of drug-likeness (QED) is 0.749. The number of rotatable bonds is 6. The van der Waals surface area contributed by atoms with Crippen molar-refractivity contribution < 1.29 is 13.9 Å². The molecule has 0 aliphatic carbocycles. The maximum absolute atomic E-state index is 12.9. The largest absolute Gasteiger partial charge is 0.481 e. The summed E-state index contributed by atoms with van der Waals surface area (Å²) in [6.07, 6.45) is 1.42. The van der Waals surface area contributed by atoms with Crippen molar-refractivity contribution in [3.05, 3.63) is 59.9 Å². The highest BCUT2D eigenvalue weighted by Crippen LogP contribution is 2.20. The summed E-state index contributed by atoms with van der Waals surface area (Å²) in [6, 6.07) is 13.8. The van der Waals surface area contributed by atoms with E-state index in [0.29, 0.717) is 12.3 Å². The Balaban J connectivity index is 1.93. The van der Waals surface area contributed by atoms with Gasteiger partial charge in [-0.15, -0.1) is 11.8 Å². The van der Waals surface area contributed by atoms with Gasteiger partial charge in [0.05, 0.1) is 0 Å². The fourth-order valence-electron chi connectivity index (χ4n) is 2.16. The van der Waals surface area contributed by atoms with Gasteiger partial charge in [0, 0.05) is 18.5 Å². The van der Waals surface area contributed by atoms with Gasteiger partial charge in [-0.25, -0.2) is 4.39 Å². The van der Waals surface area contributed by atoms with Gasteiger partial charge in [0.15, 0.2) is 6.10 Å². The molecule has 122 valence electrons. The second kappa shape index (κ2) is 8.02. The van der Waals surface area contributed by atoms with Gasteiger partial charge in [0.1, 0.15) is 11.6 Å². The molecule has 0 heterocycles. The molecule has 0 saturated carbocycles. The lowest BCUT2D eigenvalue weighted by molar-refractivity contribution is -0.137. The van der Waals surface area contributed by atoms with Crippen molar-refractivity contribution in [2.75, 3.05) is 13.3 Å². The molecule has 0 spiro atoms. The second-order valence-corrected chi connectivity index (χ2v) is 6.14. The highest BCUT2D eigenvalue weighted by atomic mass is 32.2. The summed E-state index contributed by atoms with van der Waals surface area (Å²) in [7, 11) is 1.71. The van der Waals surface area contributed by atoms with E-state index in [0.717, 1.165) is 10.5 Å². The van der Waals surface area contributed by atoms with Crippen LogP contribution in [0.4, 0.5) is 4.39 Å². The van der Waals surface area contributed by atoms with Crippen LogP contribution < -0.4 is 4.74 Å². The molecule has 1 atom stereocenters. The van der Waals surface area contributed by atoms with Crippen molar-refractivity contribution >= 4 is 17.7 Å². The van der Waals surface area contributed by atoms with Crippen LogP contribution in [0.5, 0.6) is 5.75 Å². The van der Waals surface area contributed by atoms with E-state index in [1.54, 1.807) is 42.8 Å². The summed E-state index contributed by atoms with van der Waals surface area (Å²) in [5, 5.41) is 0. The van der Waals surface area contributed by atoms with E-state index in [2.05, 4.69) is 0 Å². The first kappa shape index (κ1) is 17.3. The molecule has 1 unspecified atom stereocenters. The van der Waals surface area contributed by atoms with Crippen molar-refractivity contribution in [3.8, 4) is 5.75 Å². The summed E-state index contributed by atoms with van der Waals surface area (Å²) in [5.74, 6) is 0.259. The fourth-order valence-corrected chi connectivity index (χ4v) is 2.57. The maximum atomic E-state index is 12.9. The Morgan fingerprint density at radius 1 is 1.17 bits per heavy atom. The van der Waals surface area contributed by atoms with Crippen LogP contribution in [-0.4, -0.2) is 30.2 Å². The van der Waals surface area contributed by atoms with Crippen molar-refractivity contribution in [1.82, 2.24) is 4.90 Å². The third-order valence-corrected chi connectivity index (χ3v) is 4.17. The first-order chi connectivity index (χ1) is 11.0. The van der Waals surface area contributed by atoms with E-state index in [9.17, 15) is 9.18 Å². The van der Waals surface area contributed by atoms with Crippen molar-refractivity contribution in [2.45, 2.75) is 24.5 Å². The summed E-state index contributed by atoms with van der Waals surface area (Å²) >= 11 is 1.65. The number of hydrogen-bond donors (Lipinski definition) is 0. The first-order valence-electron chi connectivity index (χ1n) is 7.29. The third kappa shape index (κ3) is 4.99. The van der Waals surface area contributed by atoms with Crippen LogP contribution >= 0.6 is 11.8 Å². The lowest BCUT2D eigenvalue weighted by Crippen LogP contribution is -2.37. The number of carbonyl (C=O) groups is 1. The van der Waals surface area contributed by atoms with E-state index in [-0.39, 0.29) is 11.7 Å². The van der Waals surface area contributed by atoms with E-state index >= 15 is 0 Å². The average Bonchev–Trinajstić information content (AvgIpc) is 2.56. The number of thioether (sulfide) groups is 1. The minimum Gasteiger partial charge on any atom is -0.481 e. The zero-order valence-corrected chi connectivity index (χ0v) is 14.3. The summed E-state index contributed by atoms with van der Waals surface area (Å²) < 4.78 is 18.6. The maximum Gasteiger partial charge on any atom is 0.263 e.